The Balaban J connectivity index is 2.76. The largest absolute Gasteiger partial charge is 0.479 e. The first-order chi connectivity index (χ1) is 7.02. The lowest BCUT2D eigenvalue weighted by atomic mass is 10.1. The first kappa shape index (κ1) is 11.6. The van der Waals surface area contributed by atoms with Gasteiger partial charge in [0.25, 0.3) is 0 Å². The molecular formula is C12H16O3. The molecule has 0 heterocycles. The first-order valence-corrected chi connectivity index (χ1v) is 4.85. The molecule has 3 heteroatoms. The van der Waals surface area contributed by atoms with Crippen molar-refractivity contribution >= 4 is 5.97 Å². The van der Waals surface area contributed by atoms with Crippen LogP contribution in [-0.2, 0) is 9.53 Å². The van der Waals surface area contributed by atoms with Gasteiger partial charge in [0.05, 0.1) is 7.11 Å². The lowest BCUT2D eigenvalue weighted by molar-refractivity contribution is -0.147. The van der Waals surface area contributed by atoms with E-state index in [1.807, 2.05) is 26.0 Å². The topological polar surface area (TPSA) is 35.5 Å². The molecule has 1 aromatic rings. The zero-order valence-corrected chi connectivity index (χ0v) is 9.53. The molecule has 0 saturated carbocycles. The summed E-state index contributed by atoms with van der Waals surface area (Å²) >= 11 is 0. The fourth-order valence-corrected chi connectivity index (χ4v) is 1.42. The second-order valence-corrected chi connectivity index (χ2v) is 3.61. The van der Waals surface area contributed by atoms with Crippen LogP contribution in [-0.4, -0.2) is 19.2 Å². The summed E-state index contributed by atoms with van der Waals surface area (Å²) in [6, 6.07) is 5.84. The monoisotopic (exact) mass is 208 g/mol. The lowest BCUT2D eigenvalue weighted by Crippen LogP contribution is -2.24. The molecule has 0 radical (unpaired) electrons. The minimum atomic E-state index is -0.573. The van der Waals surface area contributed by atoms with Crippen LogP contribution in [0.5, 0.6) is 5.75 Å². The van der Waals surface area contributed by atoms with Gasteiger partial charge in [0.15, 0.2) is 6.10 Å². The van der Waals surface area contributed by atoms with Crippen molar-refractivity contribution in [1.82, 2.24) is 0 Å². The number of esters is 1. The summed E-state index contributed by atoms with van der Waals surface area (Å²) in [5.74, 6) is 0.333. The molecule has 0 aliphatic rings. The van der Waals surface area contributed by atoms with Gasteiger partial charge in [0, 0.05) is 0 Å². The van der Waals surface area contributed by atoms with Gasteiger partial charge in [-0.15, -0.1) is 0 Å². The Morgan fingerprint density at radius 1 is 1.20 bits per heavy atom. The van der Waals surface area contributed by atoms with Gasteiger partial charge in [0.1, 0.15) is 5.75 Å². The molecule has 1 aromatic carbocycles. The molecule has 15 heavy (non-hydrogen) atoms. The average Bonchev–Trinajstić information content (AvgIpc) is 2.14. The van der Waals surface area contributed by atoms with Gasteiger partial charge in [-0.05, 0) is 44.0 Å². The van der Waals surface area contributed by atoms with E-state index in [2.05, 4.69) is 10.8 Å². The van der Waals surface area contributed by atoms with Crippen molar-refractivity contribution in [3.8, 4) is 5.75 Å². The Bertz CT molecular complexity index is 338. The van der Waals surface area contributed by atoms with E-state index < -0.39 is 6.10 Å². The van der Waals surface area contributed by atoms with Crippen LogP contribution in [0.25, 0.3) is 0 Å². The van der Waals surface area contributed by atoms with Crippen LogP contribution in [0.3, 0.4) is 0 Å². The van der Waals surface area contributed by atoms with Crippen LogP contribution in [0.4, 0.5) is 0 Å². The highest BCUT2D eigenvalue weighted by molar-refractivity contribution is 5.74. The number of carbonyl (C=O) groups excluding carboxylic acids is 1. The maximum atomic E-state index is 11.1. The molecule has 82 valence electrons. The Morgan fingerprint density at radius 3 is 2.20 bits per heavy atom. The fourth-order valence-electron chi connectivity index (χ4n) is 1.42. The number of aryl methyl sites for hydroxylation is 2. The van der Waals surface area contributed by atoms with Crippen molar-refractivity contribution in [2.75, 3.05) is 7.11 Å². The molecule has 0 N–H and O–H groups in total. The summed E-state index contributed by atoms with van der Waals surface area (Å²) in [5, 5.41) is 0. The van der Waals surface area contributed by atoms with E-state index in [0.717, 1.165) is 11.1 Å². The minimum absolute atomic E-state index is 0.367. The van der Waals surface area contributed by atoms with Gasteiger partial charge in [-0.3, -0.25) is 0 Å². The number of benzene rings is 1. The second kappa shape index (κ2) is 4.82. The van der Waals surface area contributed by atoms with Crippen LogP contribution in [0.1, 0.15) is 18.1 Å². The van der Waals surface area contributed by atoms with E-state index in [-0.39, 0.29) is 5.97 Å². The molecule has 0 amide bonds. The summed E-state index contributed by atoms with van der Waals surface area (Å²) < 4.78 is 10.0. The molecule has 1 atom stereocenters. The van der Waals surface area contributed by atoms with Gasteiger partial charge in [0.2, 0.25) is 0 Å². The molecule has 0 aliphatic heterocycles. The quantitative estimate of drug-likeness (QED) is 0.715. The second-order valence-electron chi connectivity index (χ2n) is 3.61. The molecular weight excluding hydrogens is 192 g/mol. The highest BCUT2D eigenvalue weighted by Gasteiger charge is 2.14. The van der Waals surface area contributed by atoms with Crippen LogP contribution in [0, 0.1) is 13.8 Å². The molecule has 0 bridgehead atoms. The molecule has 0 aromatic heterocycles. The molecule has 0 saturated heterocycles. The summed E-state index contributed by atoms with van der Waals surface area (Å²) in [7, 11) is 1.35. The average molecular weight is 208 g/mol. The standard InChI is InChI=1S/C12H16O3/c1-8-5-9(2)7-11(6-8)15-10(3)12(13)14-4/h5-7,10H,1-4H3. The first-order valence-electron chi connectivity index (χ1n) is 4.85. The summed E-state index contributed by atoms with van der Waals surface area (Å²) in [6.07, 6.45) is -0.573. The maximum Gasteiger partial charge on any atom is 0.346 e. The van der Waals surface area contributed by atoms with E-state index in [9.17, 15) is 4.79 Å². The number of carbonyl (C=O) groups is 1. The normalized spacial score (nSPS) is 12.0. The summed E-state index contributed by atoms with van der Waals surface area (Å²) in [6.45, 7) is 5.65. The lowest BCUT2D eigenvalue weighted by Gasteiger charge is -2.13. The summed E-state index contributed by atoms with van der Waals surface area (Å²) in [5.41, 5.74) is 2.23. The zero-order valence-electron chi connectivity index (χ0n) is 9.53. The number of rotatable bonds is 3. The van der Waals surface area contributed by atoms with Gasteiger partial charge >= 0.3 is 5.97 Å². The smallest absolute Gasteiger partial charge is 0.346 e. The molecule has 0 spiro atoms. The maximum absolute atomic E-state index is 11.1. The fraction of sp³-hybridized carbons (Fsp3) is 0.417. The predicted octanol–water partition coefficient (Wildman–Crippen LogP) is 2.24. The Labute approximate surface area is 90.0 Å². The number of methoxy groups -OCH3 is 1. The van der Waals surface area contributed by atoms with Crippen molar-refractivity contribution in [3.05, 3.63) is 29.3 Å². The van der Waals surface area contributed by atoms with Crippen molar-refractivity contribution in [3.63, 3.8) is 0 Å². The Kier molecular flexibility index (Phi) is 3.72. The molecule has 3 nitrogen and oxygen atoms in total. The van der Waals surface area contributed by atoms with Gasteiger partial charge in [-0.25, -0.2) is 4.79 Å². The van der Waals surface area contributed by atoms with Gasteiger partial charge in [-0.1, -0.05) is 6.07 Å². The number of ether oxygens (including phenoxy) is 2. The minimum Gasteiger partial charge on any atom is -0.479 e. The third-order valence-corrected chi connectivity index (χ3v) is 2.04. The van der Waals surface area contributed by atoms with Crippen molar-refractivity contribution in [2.24, 2.45) is 0 Å². The van der Waals surface area contributed by atoms with Crippen molar-refractivity contribution in [1.29, 1.82) is 0 Å². The highest BCUT2D eigenvalue weighted by Crippen LogP contribution is 2.17. The van der Waals surface area contributed by atoms with Gasteiger partial charge < -0.3 is 9.47 Å². The molecule has 0 aliphatic carbocycles. The van der Waals surface area contributed by atoms with E-state index in [1.54, 1.807) is 6.92 Å². The number of hydrogen-bond donors (Lipinski definition) is 0. The number of hydrogen-bond acceptors (Lipinski definition) is 3. The predicted molar refractivity (Wildman–Crippen MR) is 58.0 cm³/mol. The Morgan fingerprint density at radius 2 is 1.73 bits per heavy atom. The van der Waals surface area contributed by atoms with Crippen LogP contribution >= 0.6 is 0 Å². The van der Waals surface area contributed by atoms with Gasteiger partial charge in [-0.2, -0.15) is 0 Å². The zero-order chi connectivity index (χ0) is 11.4. The van der Waals surface area contributed by atoms with Crippen LogP contribution < -0.4 is 4.74 Å². The Hall–Kier alpha value is -1.51. The third kappa shape index (κ3) is 3.27. The molecule has 0 fully saturated rings. The summed E-state index contributed by atoms with van der Waals surface area (Å²) in [4.78, 5) is 11.1. The van der Waals surface area contributed by atoms with Crippen molar-refractivity contribution in [2.45, 2.75) is 26.9 Å². The van der Waals surface area contributed by atoms with E-state index in [0.29, 0.717) is 5.75 Å². The van der Waals surface area contributed by atoms with E-state index in [1.165, 1.54) is 7.11 Å². The van der Waals surface area contributed by atoms with Crippen LogP contribution in [0.15, 0.2) is 18.2 Å². The highest BCUT2D eigenvalue weighted by atomic mass is 16.6. The van der Waals surface area contributed by atoms with E-state index >= 15 is 0 Å². The SMILES string of the molecule is COC(=O)C(C)Oc1cc(C)cc(C)c1. The molecule has 1 unspecified atom stereocenters. The molecule has 1 rings (SSSR count). The van der Waals surface area contributed by atoms with Crippen molar-refractivity contribution < 1.29 is 14.3 Å². The third-order valence-electron chi connectivity index (χ3n) is 2.04. The van der Waals surface area contributed by atoms with Crippen LogP contribution in [0.2, 0.25) is 0 Å². The van der Waals surface area contributed by atoms with E-state index in [4.69, 9.17) is 4.74 Å².